The van der Waals surface area contributed by atoms with E-state index in [9.17, 15) is 37.8 Å². The average molecular weight is 948 g/mol. The van der Waals surface area contributed by atoms with Gasteiger partial charge in [-0.2, -0.15) is 4.31 Å². The first-order valence-electron chi connectivity index (χ1n) is 22.5. The van der Waals surface area contributed by atoms with Crippen molar-refractivity contribution in [3.8, 4) is 21.6 Å². The summed E-state index contributed by atoms with van der Waals surface area (Å²) in [6, 6.07) is 24.5. The fourth-order valence-corrected chi connectivity index (χ4v) is 11.9. The van der Waals surface area contributed by atoms with Crippen molar-refractivity contribution in [1.82, 2.24) is 24.8 Å². The molecule has 4 heterocycles. The number of thiazole rings is 1. The van der Waals surface area contributed by atoms with Crippen molar-refractivity contribution in [3.05, 3.63) is 119 Å². The molecule has 2 fully saturated rings. The van der Waals surface area contributed by atoms with Crippen molar-refractivity contribution >= 4 is 56.4 Å². The molecule has 2 saturated heterocycles. The molecule has 67 heavy (non-hydrogen) atoms. The summed E-state index contributed by atoms with van der Waals surface area (Å²) in [4.78, 5) is 61.5. The summed E-state index contributed by atoms with van der Waals surface area (Å²) >= 11 is 1.55. The second-order valence-corrected chi connectivity index (χ2v) is 21.6. The van der Waals surface area contributed by atoms with Crippen LogP contribution in [-0.2, 0) is 35.7 Å². The number of fused-ring (bicyclic) bond motifs is 3. The third-order valence-corrected chi connectivity index (χ3v) is 15.8. The highest BCUT2D eigenvalue weighted by Crippen LogP contribution is 2.49. The van der Waals surface area contributed by atoms with Gasteiger partial charge in [0, 0.05) is 43.3 Å². The largest absolute Gasteiger partial charge is 0.394 e. The summed E-state index contributed by atoms with van der Waals surface area (Å²) in [6.45, 7) is 9.45. The van der Waals surface area contributed by atoms with Gasteiger partial charge in [-0.25, -0.2) is 13.4 Å². The van der Waals surface area contributed by atoms with Crippen molar-refractivity contribution in [2.75, 3.05) is 30.3 Å². The molecular weight excluding hydrogens is 891 g/mol. The Hall–Kier alpha value is -5.98. The van der Waals surface area contributed by atoms with Gasteiger partial charge >= 0.3 is 0 Å². The van der Waals surface area contributed by atoms with Gasteiger partial charge in [0.15, 0.2) is 0 Å². The molecule has 17 heteroatoms. The van der Waals surface area contributed by atoms with Crippen molar-refractivity contribution in [2.45, 2.75) is 95.6 Å². The Balaban J connectivity index is 0.915. The van der Waals surface area contributed by atoms with E-state index in [1.807, 2.05) is 62.4 Å². The van der Waals surface area contributed by atoms with Gasteiger partial charge in [-0.3, -0.25) is 19.2 Å². The zero-order valence-electron chi connectivity index (χ0n) is 38.2. The number of aliphatic hydroxyl groups is 2. The lowest BCUT2D eigenvalue weighted by Gasteiger charge is -2.39. The predicted molar refractivity (Wildman–Crippen MR) is 257 cm³/mol. The Morgan fingerprint density at radius 3 is 2.33 bits per heavy atom. The first-order chi connectivity index (χ1) is 31.9. The molecule has 0 aliphatic carbocycles. The summed E-state index contributed by atoms with van der Waals surface area (Å²) in [5.41, 5.74) is 8.20. The summed E-state index contributed by atoms with van der Waals surface area (Å²) in [5, 5.41) is 32.8. The lowest BCUT2D eigenvalue weighted by Crippen LogP contribution is -2.58. The van der Waals surface area contributed by atoms with Crippen LogP contribution in [0.3, 0.4) is 0 Å². The zero-order chi connectivity index (χ0) is 47.8. The highest BCUT2D eigenvalue weighted by atomic mass is 32.2. The number of carbonyl (C=O) groups is 4. The molecule has 352 valence electrons. The van der Waals surface area contributed by atoms with Crippen LogP contribution in [0, 0.1) is 25.2 Å². The van der Waals surface area contributed by atoms with Crippen LogP contribution >= 0.6 is 11.3 Å². The van der Waals surface area contributed by atoms with E-state index in [0.717, 1.165) is 49.6 Å². The molecule has 15 nitrogen and oxygen atoms in total. The number of aryl methyl sites for hydroxylation is 2. The molecule has 6 atom stereocenters. The van der Waals surface area contributed by atoms with E-state index in [0.29, 0.717) is 18.7 Å². The second-order valence-electron chi connectivity index (χ2n) is 18.8. The third kappa shape index (κ3) is 10.2. The summed E-state index contributed by atoms with van der Waals surface area (Å²) < 4.78 is 29.7. The fourth-order valence-electron chi connectivity index (χ4n) is 9.44. The summed E-state index contributed by atoms with van der Waals surface area (Å²) in [7, 11) is -3.86. The third-order valence-electron chi connectivity index (χ3n) is 13.0. The minimum atomic E-state index is -3.86. The quantitative estimate of drug-likeness (QED) is 0.0786. The molecular formula is C50H57N7O8S2. The number of β-amino-alcohol motifs (C(OH)–C–C–N with tert-alkyl or cyclic N) is 1. The van der Waals surface area contributed by atoms with E-state index < -0.39 is 69.7 Å². The Labute approximate surface area is 395 Å². The topological polar surface area (TPSA) is 210 Å². The number of sulfonamides is 1. The Kier molecular flexibility index (Phi) is 13.7. The molecule has 0 bridgehead atoms. The van der Waals surface area contributed by atoms with Crippen LogP contribution in [0.25, 0.3) is 21.6 Å². The minimum absolute atomic E-state index is 0.0371. The number of nitrogens with one attached hydrogen (secondary N) is 4. The average Bonchev–Trinajstić information content (AvgIpc) is 4.05. The normalized spacial score (nSPS) is 20.9. The number of aliphatic hydroxyl groups excluding tert-OH is 2. The zero-order valence-corrected chi connectivity index (χ0v) is 39.8. The van der Waals surface area contributed by atoms with Crippen LogP contribution in [0.15, 0.2) is 101 Å². The molecule has 4 amide bonds. The number of carbonyl (C=O) groups excluding carboxylic acids is 4. The summed E-state index contributed by atoms with van der Waals surface area (Å²) in [5.74, 6) is -2.44. The van der Waals surface area contributed by atoms with Gasteiger partial charge in [-0.05, 0) is 89.9 Å². The second kappa shape index (κ2) is 19.3. The maximum Gasteiger partial charge on any atom is 0.246 e. The number of anilines is 2. The number of amides is 4. The van der Waals surface area contributed by atoms with Crippen molar-refractivity contribution in [3.63, 3.8) is 0 Å². The van der Waals surface area contributed by atoms with E-state index in [4.69, 9.17) is 0 Å². The van der Waals surface area contributed by atoms with Gasteiger partial charge in [0.2, 0.25) is 33.7 Å². The number of likely N-dealkylation sites (tertiary alicyclic amines) is 1. The number of hydrogen-bond acceptors (Lipinski definition) is 11. The Bertz CT molecular complexity index is 2770. The molecule has 1 aromatic heterocycles. The van der Waals surface area contributed by atoms with Crippen LogP contribution in [0.5, 0.6) is 0 Å². The number of aromatic nitrogens is 1. The molecule has 0 unspecified atom stereocenters. The number of nitrogens with zero attached hydrogens (tertiary/aromatic N) is 3. The van der Waals surface area contributed by atoms with Crippen molar-refractivity contribution in [2.24, 2.45) is 11.3 Å². The Morgan fingerprint density at radius 2 is 1.64 bits per heavy atom. The monoisotopic (exact) mass is 947 g/mol. The van der Waals surface area contributed by atoms with Gasteiger partial charge < -0.3 is 36.4 Å². The number of rotatable bonds is 13. The van der Waals surface area contributed by atoms with Gasteiger partial charge in [0.25, 0.3) is 0 Å². The molecule has 4 aromatic carbocycles. The lowest BCUT2D eigenvalue weighted by molar-refractivity contribution is -0.144. The van der Waals surface area contributed by atoms with E-state index >= 15 is 0 Å². The molecule has 3 aliphatic heterocycles. The minimum Gasteiger partial charge on any atom is -0.394 e. The summed E-state index contributed by atoms with van der Waals surface area (Å²) in [6.07, 6.45) is -0.925. The molecule has 0 saturated carbocycles. The van der Waals surface area contributed by atoms with Gasteiger partial charge in [-0.1, -0.05) is 80.9 Å². The van der Waals surface area contributed by atoms with Crippen LogP contribution < -0.4 is 21.3 Å². The maximum absolute atomic E-state index is 14.2. The van der Waals surface area contributed by atoms with Crippen molar-refractivity contribution in [1.29, 1.82) is 0 Å². The first-order valence-corrected chi connectivity index (χ1v) is 24.8. The maximum atomic E-state index is 14.2. The highest BCUT2D eigenvalue weighted by molar-refractivity contribution is 7.89. The van der Waals surface area contributed by atoms with Crippen LogP contribution in [-0.4, -0.2) is 100 Å². The van der Waals surface area contributed by atoms with E-state index in [1.165, 1.54) is 4.90 Å². The molecule has 6 N–H and O–H groups in total. The molecule has 3 aliphatic rings. The van der Waals surface area contributed by atoms with Crippen molar-refractivity contribution < 1.29 is 37.8 Å². The van der Waals surface area contributed by atoms with Crippen LogP contribution in [0.4, 0.5) is 11.4 Å². The Morgan fingerprint density at radius 1 is 0.925 bits per heavy atom. The van der Waals surface area contributed by atoms with Crippen LogP contribution in [0.1, 0.15) is 68.5 Å². The van der Waals surface area contributed by atoms with E-state index in [2.05, 4.69) is 26.3 Å². The molecule has 8 rings (SSSR count). The molecule has 0 radical (unpaired) electrons. The molecule has 0 spiro atoms. The van der Waals surface area contributed by atoms with Gasteiger partial charge in [0.05, 0.1) is 45.8 Å². The molecule has 5 aromatic rings. The van der Waals surface area contributed by atoms with E-state index in [1.54, 1.807) is 84.4 Å². The fraction of sp³-hybridized carbons (Fsp3) is 0.380. The predicted octanol–water partition coefficient (Wildman–Crippen LogP) is 5.77. The highest BCUT2D eigenvalue weighted by Gasteiger charge is 2.49. The first kappa shape index (κ1) is 47.5. The SMILES string of the molecule is Cc1ccc(S(=O)(=O)N2CC[C@@H]3[C@H](CO)Nc4ccc(-c5cccc(NC(=O)CC(=O)N[C@H](C(=O)N6C[C@H](O)C[C@H]6C(=O)NCc6ccc(-c7scnc7C)cc6)C(C)(C)C)c5)cc4[C@@H]32)cc1. The lowest BCUT2D eigenvalue weighted by atomic mass is 9.82. The number of benzene rings is 4. The van der Waals surface area contributed by atoms with Crippen LogP contribution in [0.2, 0.25) is 0 Å². The smallest absolute Gasteiger partial charge is 0.246 e. The number of hydrogen-bond donors (Lipinski definition) is 6. The van der Waals surface area contributed by atoms with E-state index in [-0.39, 0.29) is 43.0 Å². The van der Waals surface area contributed by atoms with Gasteiger partial charge in [0.1, 0.15) is 18.5 Å². The van der Waals surface area contributed by atoms with Gasteiger partial charge in [-0.15, -0.1) is 11.3 Å². The standard InChI is InChI=1S/C50H57N7O8S2/c1-29-9-16-37(17-10-29)67(64,65)57-20-19-38-41(27-58)54-40-18-15-34(22-39(40)45(38)57)33-7-6-8-35(21-33)53-43(60)24-44(61)55-47(50(3,4)5)49(63)56-26-36(59)23-42(56)48(62)51-25-31-11-13-32(14-12-31)46-30(2)52-28-66-46/h6-18,21-22,28,36,38,41-42,45,47,54,58-59H,19-20,23-27H2,1-5H3,(H,51,62)(H,53,60)(H,55,61)/t36-,38-,41+,42+,45-,47-/m1/s1.